The molecule has 0 spiro atoms. The van der Waals surface area contributed by atoms with Gasteiger partial charge in [0.15, 0.2) is 0 Å². The Balaban J connectivity index is 1.56. The summed E-state index contributed by atoms with van der Waals surface area (Å²) in [7, 11) is 0. The van der Waals surface area contributed by atoms with E-state index in [-0.39, 0.29) is 11.7 Å². The molecule has 0 bridgehead atoms. The Bertz CT molecular complexity index is 1120. The Morgan fingerprint density at radius 1 is 1.07 bits per heavy atom. The third-order valence-corrected chi connectivity index (χ3v) is 4.59. The molecule has 1 N–H and O–H groups in total. The molecule has 134 valence electrons. The molecule has 3 aromatic carbocycles. The average molecular weight is 380 g/mol. The Morgan fingerprint density at radius 2 is 1.85 bits per heavy atom. The SMILES string of the molecule is O=C(Nc1ccc2c(cnn2Cc2ccc(F)cc2)c1)c1ccccc1Cl. The number of aromatic nitrogens is 2. The quantitative estimate of drug-likeness (QED) is 0.534. The maximum Gasteiger partial charge on any atom is 0.257 e. The number of carbonyl (C=O) groups excluding carboxylic acids is 1. The lowest BCUT2D eigenvalue weighted by Crippen LogP contribution is -2.12. The van der Waals surface area contributed by atoms with Crippen molar-refractivity contribution >= 4 is 34.1 Å². The molecule has 0 fully saturated rings. The van der Waals surface area contributed by atoms with Crippen molar-refractivity contribution < 1.29 is 9.18 Å². The summed E-state index contributed by atoms with van der Waals surface area (Å²) >= 11 is 6.07. The van der Waals surface area contributed by atoms with Gasteiger partial charge in [0.2, 0.25) is 0 Å². The molecule has 1 aromatic heterocycles. The maximum atomic E-state index is 13.0. The van der Waals surface area contributed by atoms with Crippen LogP contribution in [-0.2, 0) is 6.54 Å². The van der Waals surface area contributed by atoms with Crippen molar-refractivity contribution in [3.05, 3.63) is 94.9 Å². The van der Waals surface area contributed by atoms with Gasteiger partial charge in [0.1, 0.15) is 5.82 Å². The minimum atomic E-state index is -0.265. The van der Waals surface area contributed by atoms with Crippen LogP contribution in [0.3, 0.4) is 0 Å². The van der Waals surface area contributed by atoms with Crippen molar-refractivity contribution in [2.45, 2.75) is 6.54 Å². The molecule has 0 atom stereocenters. The van der Waals surface area contributed by atoms with Crippen LogP contribution in [0.15, 0.2) is 72.9 Å². The Labute approximate surface area is 160 Å². The van der Waals surface area contributed by atoms with Gasteiger partial charge in [0, 0.05) is 11.1 Å². The van der Waals surface area contributed by atoms with Gasteiger partial charge in [-0.2, -0.15) is 5.10 Å². The summed E-state index contributed by atoms with van der Waals surface area (Å²) in [4.78, 5) is 12.4. The largest absolute Gasteiger partial charge is 0.322 e. The van der Waals surface area contributed by atoms with Crippen LogP contribution >= 0.6 is 11.6 Å². The fourth-order valence-corrected chi connectivity index (χ4v) is 3.12. The molecule has 4 nitrogen and oxygen atoms in total. The molecule has 4 rings (SSSR count). The number of hydrogen-bond acceptors (Lipinski definition) is 2. The van der Waals surface area contributed by atoms with Crippen molar-refractivity contribution in [3.63, 3.8) is 0 Å². The van der Waals surface area contributed by atoms with Gasteiger partial charge in [0.05, 0.1) is 28.8 Å². The van der Waals surface area contributed by atoms with Crippen molar-refractivity contribution in [1.29, 1.82) is 0 Å². The summed E-state index contributed by atoms with van der Waals surface area (Å²) in [6.07, 6.45) is 1.74. The second kappa shape index (κ2) is 7.21. The van der Waals surface area contributed by atoms with Crippen LogP contribution in [0.1, 0.15) is 15.9 Å². The molecule has 0 unspecified atom stereocenters. The minimum absolute atomic E-state index is 0.261. The number of carbonyl (C=O) groups is 1. The van der Waals surface area contributed by atoms with Gasteiger partial charge in [0.25, 0.3) is 5.91 Å². The minimum Gasteiger partial charge on any atom is -0.322 e. The molecule has 0 radical (unpaired) electrons. The van der Waals surface area contributed by atoms with Gasteiger partial charge in [-0.05, 0) is 48.0 Å². The molecular weight excluding hydrogens is 365 g/mol. The molecule has 1 amide bonds. The van der Waals surface area contributed by atoms with E-state index in [1.165, 1.54) is 12.1 Å². The summed E-state index contributed by atoms with van der Waals surface area (Å²) in [6, 6.07) is 18.8. The molecular formula is C21H15ClFN3O. The predicted octanol–water partition coefficient (Wildman–Crippen LogP) is 5.13. The van der Waals surface area contributed by atoms with E-state index in [4.69, 9.17) is 11.6 Å². The smallest absolute Gasteiger partial charge is 0.257 e. The molecule has 27 heavy (non-hydrogen) atoms. The predicted molar refractivity (Wildman–Crippen MR) is 105 cm³/mol. The van der Waals surface area contributed by atoms with E-state index >= 15 is 0 Å². The first-order valence-corrected chi connectivity index (χ1v) is 8.74. The van der Waals surface area contributed by atoms with Gasteiger partial charge < -0.3 is 5.32 Å². The van der Waals surface area contributed by atoms with Crippen molar-refractivity contribution in [2.75, 3.05) is 5.32 Å². The summed E-state index contributed by atoms with van der Waals surface area (Å²) in [5.74, 6) is -0.526. The number of benzene rings is 3. The maximum absolute atomic E-state index is 13.0. The standard InChI is InChI=1S/C21H15ClFN3O/c22-19-4-2-1-3-18(19)21(27)25-17-9-10-20-15(11-17)12-24-26(20)13-14-5-7-16(23)8-6-14/h1-12H,13H2,(H,25,27). The van der Waals surface area contributed by atoms with Crippen LogP contribution in [0.25, 0.3) is 10.9 Å². The molecule has 1 heterocycles. The lowest BCUT2D eigenvalue weighted by atomic mass is 10.2. The Morgan fingerprint density at radius 3 is 2.63 bits per heavy atom. The highest BCUT2D eigenvalue weighted by atomic mass is 35.5. The summed E-state index contributed by atoms with van der Waals surface area (Å²) in [5.41, 5.74) is 2.97. The zero-order valence-electron chi connectivity index (χ0n) is 14.2. The zero-order chi connectivity index (χ0) is 18.8. The van der Waals surface area contributed by atoms with Crippen LogP contribution in [0.2, 0.25) is 5.02 Å². The van der Waals surface area contributed by atoms with Crippen molar-refractivity contribution in [1.82, 2.24) is 9.78 Å². The van der Waals surface area contributed by atoms with E-state index in [2.05, 4.69) is 10.4 Å². The summed E-state index contributed by atoms with van der Waals surface area (Å²) < 4.78 is 14.9. The van der Waals surface area contributed by atoms with Crippen molar-refractivity contribution in [3.8, 4) is 0 Å². The first-order chi connectivity index (χ1) is 13.1. The Kier molecular flexibility index (Phi) is 4.60. The number of nitrogens with zero attached hydrogens (tertiary/aromatic N) is 2. The number of fused-ring (bicyclic) bond motifs is 1. The normalized spacial score (nSPS) is 10.9. The monoisotopic (exact) mass is 379 g/mol. The molecule has 0 aliphatic heterocycles. The molecule has 0 aliphatic rings. The van der Waals surface area contributed by atoms with Crippen LogP contribution in [0.4, 0.5) is 10.1 Å². The number of halogens is 2. The second-order valence-corrected chi connectivity index (χ2v) is 6.54. The first kappa shape index (κ1) is 17.2. The van der Waals surface area contributed by atoms with E-state index in [9.17, 15) is 9.18 Å². The molecule has 0 saturated heterocycles. The van der Waals surface area contributed by atoms with Gasteiger partial charge in [-0.1, -0.05) is 35.9 Å². The van der Waals surface area contributed by atoms with E-state index in [0.717, 1.165) is 16.5 Å². The fraction of sp³-hybridized carbons (Fsp3) is 0.0476. The lowest BCUT2D eigenvalue weighted by Gasteiger charge is -2.08. The van der Waals surface area contributed by atoms with Gasteiger partial charge in [-0.3, -0.25) is 9.48 Å². The van der Waals surface area contributed by atoms with Gasteiger partial charge >= 0.3 is 0 Å². The number of hydrogen-bond donors (Lipinski definition) is 1. The van der Waals surface area contributed by atoms with Gasteiger partial charge in [-0.25, -0.2) is 4.39 Å². The first-order valence-electron chi connectivity index (χ1n) is 8.36. The average Bonchev–Trinajstić information content (AvgIpc) is 3.06. The third-order valence-electron chi connectivity index (χ3n) is 4.26. The van der Waals surface area contributed by atoms with E-state index in [0.29, 0.717) is 22.8 Å². The van der Waals surface area contributed by atoms with Crippen LogP contribution in [-0.4, -0.2) is 15.7 Å². The topological polar surface area (TPSA) is 46.9 Å². The van der Waals surface area contributed by atoms with Crippen LogP contribution < -0.4 is 5.32 Å². The van der Waals surface area contributed by atoms with E-state index < -0.39 is 0 Å². The van der Waals surface area contributed by atoms with Crippen molar-refractivity contribution in [2.24, 2.45) is 0 Å². The second-order valence-electron chi connectivity index (χ2n) is 6.14. The van der Waals surface area contributed by atoms with Gasteiger partial charge in [-0.15, -0.1) is 0 Å². The zero-order valence-corrected chi connectivity index (χ0v) is 14.9. The number of rotatable bonds is 4. The molecule has 4 aromatic rings. The Hall–Kier alpha value is -3.18. The highest BCUT2D eigenvalue weighted by Gasteiger charge is 2.11. The highest BCUT2D eigenvalue weighted by molar-refractivity contribution is 6.34. The molecule has 0 aliphatic carbocycles. The van der Waals surface area contributed by atoms with Crippen LogP contribution in [0, 0.1) is 5.82 Å². The van der Waals surface area contributed by atoms with E-state index in [1.807, 2.05) is 22.9 Å². The third kappa shape index (κ3) is 3.68. The summed E-state index contributed by atoms with van der Waals surface area (Å²) in [6.45, 7) is 0.537. The number of amides is 1. The highest BCUT2D eigenvalue weighted by Crippen LogP contribution is 2.22. The van der Waals surface area contributed by atoms with Crippen LogP contribution in [0.5, 0.6) is 0 Å². The fourth-order valence-electron chi connectivity index (χ4n) is 2.90. The summed E-state index contributed by atoms with van der Waals surface area (Å²) in [5, 5.41) is 8.55. The lowest BCUT2D eigenvalue weighted by molar-refractivity contribution is 0.102. The number of anilines is 1. The number of nitrogens with one attached hydrogen (secondary N) is 1. The molecule has 6 heteroatoms. The van der Waals surface area contributed by atoms with E-state index in [1.54, 1.807) is 42.6 Å². The molecule has 0 saturated carbocycles.